The summed E-state index contributed by atoms with van der Waals surface area (Å²) in [5.74, 6) is 0.964. The van der Waals surface area contributed by atoms with Gasteiger partial charge >= 0.3 is 0 Å². The van der Waals surface area contributed by atoms with Gasteiger partial charge < -0.3 is 4.74 Å². The SMILES string of the molecule is O=[N+]([O-])c1ccc(Oc2cncc(Cl)c2)cc1. The van der Waals surface area contributed by atoms with Crippen molar-refractivity contribution in [1.29, 1.82) is 0 Å². The average molecular weight is 251 g/mol. The van der Waals surface area contributed by atoms with E-state index < -0.39 is 4.92 Å². The molecule has 0 aliphatic rings. The molecule has 86 valence electrons. The third-order valence-corrected chi connectivity index (χ3v) is 2.17. The molecular weight excluding hydrogens is 244 g/mol. The zero-order valence-electron chi connectivity index (χ0n) is 8.54. The van der Waals surface area contributed by atoms with Gasteiger partial charge in [0, 0.05) is 24.4 Å². The third kappa shape index (κ3) is 2.92. The highest BCUT2D eigenvalue weighted by Gasteiger charge is 2.05. The van der Waals surface area contributed by atoms with Gasteiger partial charge in [0.2, 0.25) is 0 Å². The number of aromatic nitrogens is 1. The van der Waals surface area contributed by atoms with Crippen molar-refractivity contribution in [3.05, 3.63) is 57.9 Å². The molecule has 0 amide bonds. The maximum Gasteiger partial charge on any atom is 0.269 e. The molecule has 0 atom stereocenters. The van der Waals surface area contributed by atoms with Crippen LogP contribution in [0.5, 0.6) is 11.5 Å². The number of pyridine rings is 1. The van der Waals surface area contributed by atoms with Crippen LogP contribution in [0.1, 0.15) is 0 Å². The lowest BCUT2D eigenvalue weighted by Crippen LogP contribution is -1.88. The van der Waals surface area contributed by atoms with Gasteiger partial charge in [0.25, 0.3) is 5.69 Å². The predicted molar refractivity (Wildman–Crippen MR) is 62.4 cm³/mol. The van der Waals surface area contributed by atoms with Crippen LogP contribution in [0.3, 0.4) is 0 Å². The van der Waals surface area contributed by atoms with Crippen LogP contribution < -0.4 is 4.74 Å². The third-order valence-electron chi connectivity index (χ3n) is 1.96. The van der Waals surface area contributed by atoms with Crippen LogP contribution in [0.25, 0.3) is 0 Å². The van der Waals surface area contributed by atoms with Crippen molar-refractivity contribution in [1.82, 2.24) is 4.98 Å². The first-order valence-corrected chi connectivity index (χ1v) is 5.06. The van der Waals surface area contributed by atoms with Gasteiger partial charge in [0.1, 0.15) is 11.5 Å². The molecular formula is C11H7ClN2O3. The van der Waals surface area contributed by atoms with E-state index >= 15 is 0 Å². The van der Waals surface area contributed by atoms with Gasteiger partial charge in [0.05, 0.1) is 16.1 Å². The summed E-state index contributed by atoms with van der Waals surface area (Å²) in [6.07, 6.45) is 3.00. The molecule has 0 saturated heterocycles. The van der Waals surface area contributed by atoms with Gasteiger partial charge in [-0.2, -0.15) is 0 Å². The number of nitrogens with zero attached hydrogens (tertiary/aromatic N) is 2. The Bertz CT molecular complexity index is 543. The predicted octanol–water partition coefficient (Wildman–Crippen LogP) is 3.44. The highest BCUT2D eigenvalue weighted by Crippen LogP contribution is 2.24. The minimum Gasteiger partial charge on any atom is -0.456 e. The van der Waals surface area contributed by atoms with E-state index in [1.807, 2.05) is 0 Å². The van der Waals surface area contributed by atoms with E-state index in [9.17, 15) is 10.1 Å². The van der Waals surface area contributed by atoms with Crippen LogP contribution in [0.2, 0.25) is 5.02 Å². The topological polar surface area (TPSA) is 65.3 Å². The normalized spacial score (nSPS) is 9.94. The Morgan fingerprint density at radius 1 is 1.18 bits per heavy atom. The molecule has 17 heavy (non-hydrogen) atoms. The van der Waals surface area contributed by atoms with E-state index in [1.54, 1.807) is 6.07 Å². The van der Waals surface area contributed by atoms with Gasteiger partial charge in [-0.1, -0.05) is 11.6 Å². The molecule has 0 unspecified atom stereocenters. The van der Waals surface area contributed by atoms with Gasteiger partial charge in [-0.15, -0.1) is 0 Å². The largest absolute Gasteiger partial charge is 0.456 e. The summed E-state index contributed by atoms with van der Waals surface area (Å²) in [6, 6.07) is 7.37. The molecule has 2 rings (SSSR count). The fraction of sp³-hybridized carbons (Fsp3) is 0. The van der Waals surface area contributed by atoms with Gasteiger partial charge in [-0.05, 0) is 12.1 Å². The number of halogens is 1. The standard InChI is InChI=1S/C11H7ClN2O3/c12-8-5-11(7-13-6-8)17-10-3-1-9(2-4-10)14(15)16/h1-7H. The van der Waals surface area contributed by atoms with Gasteiger partial charge in [-0.25, -0.2) is 0 Å². The molecule has 1 aromatic heterocycles. The van der Waals surface area contributed by atoms with Crippen molar-refractivity contribution < 1.29 is 9.66 Å². The zero-order valence-corrected chi connectivity index (χ0v) is 9.29. The minimum atomic E-state index is -0.468. The molecule has 5 nitrogen and oxygen atoms in total. The molecule has 1 heterocycles. The first-order valence-electron chi connectivity index (χ1n) is 4.68. The lowest BCUT2D eigenvalue weighted by atomic mass is 10.3. The molecule has 0 fully saturated rings. The summed E-state index contributed by atoms with van der Waals surface area (Å²) in [7, 11) is 0. The van der Waals surface area contributed by atoms with Crippen molar-refractivity contribution >= 4 is 17.3 Å². The first-order chi connectivity index (χ1) is 8.15. The lowest BCUT2D eigenvalue weighted by Gasteiger charge is -2.04. The minimum absolute atomic E-state index is 0.0153. The fourth-order valence-electron chi connectivity index (χ4n) is 1.22. The molecule has 0 saturated carbocycles. The van der Waals surface area contributed by atoms with Crippen LogP contribution in [0.4, 0.5) is 5.69 Å². The van der Waals surface area contributed by atoms with Gasteiger partial charge in [0.15, 0.2) is 0 Å². The number of nitro benzene ring substituents is 1. The second-order valence-electron chi connectivity index (χ2n) is 3.19. The molecule has 0 bridgehead atoms. The maximum absolute atomic E-state index is 10.5. The number of non-ortho nitro benzene ring substituents is 1. The van der Waals surface area contributed by atoms with Crippen LogP contribution in [-0.2, 0) is 0 Å². The van der Waals surface area contributed by atoms with Crippen molar-refractivity contribution in [2.45, 2.75) is 0 Å². The first kappa shape index (κ1) is 11.3. The Morgan fingerprint density at radius 2 is 1.88 bits per heavy atom. The van der Waals surface area contributed by atoms with Crippen molar-refractivity contribution in [3.63, 3.8) is 0 Å². The smallest absolute Gasteiger partial charge is 0.269 e. The Labute approximate surface area is 102 Å². The molecule has 0 radical (unpaired) electrons. The Balaban J connectivity index is 2.16. The van der Waals surface area contributed by atoms with E-state index in [1.165, 1.54) is 36.7 Å². The van der Waals surface area contributed by atoms with E-state index in [0.29, 0.717) is 16.5 Å². The number of benzene rings is 1. The number of rotatable bonds is 3. The van der Waals surface area contributed by atoms with Crippen LogP contribution in [-0.4, -0.2) is 9.91 Å². The number of hydrogen-bond donors (Lipinski definition) is 0. The van der Waals surface area contributed by atoms with E-state index in [4.69, 9.17) is 16.3 Å². The second-order valence-corrected chi connectivity index (χ2v) is 3.63. The summed E-state index contributed by atoms with van der Waals surface area (Å²) < 4.78 is 5.42. The average Bonchev–Trinajstić information content (AvgIpc) is 2.29. The molecule has 6 heteroatoms. The fourth-order valence-corrected chi connectivity index (χ4v) is 1.38. The molecule has 0 N–H and O–H groups in total. The monoisotopic (exact) mass is 250 g/mol. The van der Waals surface area contributed by atoms with E-state index in [-0.39, 0.29) is 5.69 Å². The van der Waals surface area contributed by atoms with Crippen LogP contribution >= 0.6 is 11.6 Å². The molecule has 2 aromatic rings. The van der Waals surface area contributed by atoms with Gasteiger partial charge in [-0.3, -0.25) is 15.1 Å². The molecule has 0 aliphatic carbocycles. The number of nitro groups is 1. The summed E-state index contributed by atoms with van der Waals surface area (Å²) in [4.78, 5) is 13.8. The molecule has 0 aliphatic heterocycles. The highest BCUT2D eigenvalue weighted by atomic mass is 35.5. The molecule has 0 spiro atoms. The lowest BCUT2D eigenvalue weighted by molar-refractivity contribution is -0.384. The van der Waals surface area contributed by atoms with E-state index in [0.717, 1.165) is 0 Å². The Kier molecular flexibility index (Phi) is 3.20. The number of ether oxygens (including phenoxy) is 1. The Hall–Kier alpha value is -2.14. The van der Waals surface area contributed by atoms with Crippen molar-refractivity contribution in [2.24, 2.45) is 0 Å². The Morgan fingerprint density at radius 3 is 2.47 bits per heavy atom. The van der Waals surface area contributed by atoms with Crippen molar-refractivity contribution in [3.8, 4) is 11.5 Å². The summed E-state index contributed by atoms with van der Waals surface area (Å²) in [6.45, 7) is 0. The van der Waals surface area contributed by atoms with Crippen LogP contribution in [0.15, 0.2) is 42.7 Å². The zero-order chi connectivity index (χ0) is 12.3. The summed E-state index contributed by atoms with van der Waals surface area (Å²) >= 11 is 5.75. The van der Waals surface area contributed by atoms with Crippen molar-refractivity contribution in [2.75, 3.05) is 0 Å². The quantitative estimate of drug-likeness (QED) is 0.618. The summed E-state index contributed by atoms with van der Waals surface area (Å²) in [5, 5.41) is 10.9. The molecule has 1 aromatic carbocycles. The van der Waals surface area contributed by atoms with E-state index in [2.05, 4.69) is 4.98 Å². The second kappa shape index (κ2) is 4.80. The summed E-state index contributed by atoms with van der Waals surface area (Å²) in [5.41, 5.74) is 0.0153. The highest BCUT2D eigenvalue weighted by molar-refractivity contribution is 6.30. The number of hydrogen-bond acceptors (Lipinski definition) is 4. The van der Waals surface area contributed by atoms with Crippen LogP contribution in [0, 0.1) is 10.1 Å². The maximum atomic E-state index is 10.5.